The van der Waals surface area contributed by atoms with E-state index in [9.17, 15) is 0 Å². The summed E-state index contributed by atoms with van der Waals surface area (Å²) in [7, 11) is 8.81. The topological polar surface area (TPSA) is 9.72 Å². The maximum absolute atomic E-state index is 2.81. The summed E-state index contributed by atoms with van der Waals surface area (Å²) >= 11 is 0. The third-order valence-corrected chi connectivity index (χ3v) is 5.47. The van der Waals surface area contributed by atoms with Gasteiger partial charge >= 0.3 is 0 Å². The molecule has 0 rings (SSSR count). The fraction of sp³-hybridized carbons (Fsp3) is 1.00. The molecule has 3 heteroatoms. The number of rotatable bonds is 19. The highest BCUT2D eigenvalue weighted by atomic mass is 15.2. The van der Waals surface area contributed by atoms with Gasteiger partial charge in [-0.05, 0) is 41.0 Å². The van der Waals surface area contributed by atoms with Crippen molar-refractivity contribution in [2.24, 2.45) is 0 Å². The maximum atomic E-state index is 2.81. The van der Waals surface area contributed by atoms with E-state index in [0.29, 0.717) is 0 Å². The summed E-state index contributed by atoms with van der Waals surface area (Å²) in [5.41, 5.74) is 0. The molecule has 0 saturated carbocycles. The third-order valence-electron chi connectivity index (χ3n) is 5.47. The van der Waals surface area contributed by atoms with Crippen molar-refractivity contribution in [3.63, 3.8) is 0 Å². The molecule has 0 aliphatic rings. The first-order chi connectivity index (χ1) is 12.5. The molecular weight excluding hydrogens is 318 g/mol. The minimum absolute atomic E-state index is 0.790. The lowest BCUT2D eigenvalue weighted by Gasteiger charge is -2.34. The molecule has 0 heterocycles. The van der Waals surface area contributed by atoms with Crippen LogP contribution in [0.1, 0.15) is 90.9 Å². The lowest BCUT2D eigenvalue weighted by Crippen LogP contribution is -2.43. The van der Waals surface area contributed by atoms with Crippen LogP contribution in [0, 0.1) is 0 Å². The summed E-state index contributed by atoms with van der Waals surface area (Å²) in [5, 5.41) is 0. The summed E-state index contributed by atoms with van der Waals surface area (Å²) in [6, 6.07) is 0.790. The smallest absolute Gasteiger partial charge is 0.0113 e. The van der Waals surface area contributed by atoms with E-state index in [2.05, 4.69) is 56.7 Å². The zero-order valence-corrected chi connectivity index (χ0v) is 19.2. The van der Waals surface area contributed by atoms with E-state index in [4.69, 9.17) is 0 Å². The molecule has 158 valence electrons. The molecule has 0 aromatic carbocycles. The van der Waals surface area contributed by atoms with Gasteiger partial charge < -0.3 is 9.80 Å². The fourth-order valence-electron chi connectivity index (χ4n) is 3.61. The monoisotopic (exact) mass is 369 g/mol. The van der Waals surface area contributed by atoms with Crippen molar-refractivity contribution in [2.75, 3.05) is 54.4 Å². The standard InChI is InChI=1S/C23H51N3/c1-7-9-11-13-15-17-23(18-16-14-12-10-8-2)26(21-19-24(3)4)22-20-25(5)6/h23H,7-22H2,1-6H3. The molecule has 0 aliphatic carbocycles. The second-order valence-electron chi connectivity index (χ2n) is 8.70. The average Bonchev–Trinajstić information content (AvgIpc) is 2.59. The van der Waals surface area contributed by atoms with E-state index in [0.717, 1.165) is 6.04 Å². The zero-order valence-electron chi connectivity index (χ0n) is 19.2. The number of hydrogen-bond acceptors (Lipinski definition) is 3. The van der Waals surface area contributed by atoms with E-state index in [1.807, 2.05) is 0 Å². The van der Waals surface area contributed by atoms with Gasteiger partial charge in [0.1, 0.15) is 0 Å². The predicted octanol–water partition coefficient (Wildman–Crippen LogP) is 5.50. The largest absolute Gasteiger partial charge is 0.308 e. The van der Waals surface area contributed by atoms with Crippen LogP contribution < -0.4 is 0 Å². The van der Waals surface area contributed by atoms with Crippen molar-refractivity contribution < 1.29 is 0 Å². The van der Waals surface area contributed by atoms with Crippen molar-refractivity contribution in [3.8, 4) is 0 Å². The van der Waals surface area contributed by atoms with E-state index in [1.54, 1.807) is 0 Å². The Kier molecular flexibility index (Phi) is 18.2. The second-order valence-corrected chi connectivity index (χ2v) is 8.70. The SMILES string of the molecule is CCCCCCCC(CCCCCCC)N(CCN(C)C)CCN(C)C. The molecule has 0 saturated heterocycles. The van der Waals surface area contributed by atoms with Gasteiger partial charge in [-0.15, -0.1) is 0 Å². The Labute approximate surface area is 166 Å². The highest BCUT2D eigenvalue weighted by Crippen LogP contribution is 2.18. The molecule has 0 unspecified atom stereocenters. The molecule has 0 amide bonds. The fourth-order valence-corrected chi connectivity index (χ4v) is 3.61. The Morgan fingerprint density at radius 2 is 0.885 bits per heavy atom. The van der Waals surface area contributed by atoms with Crippen molar-refractivity contribution in [1.82, 2.24) is 14.7 Å². The first-order valence-corrected chi connectivity index (χ1v) is 11.5. The van der Waals surface area contributed by atoms with Crippen LogP contribution in [0.4, 0.5) is 0 Å². The van der Waals surface area contributed by atoms with Crippen LogP contribution in [-0.4, -0.2) is 75.1 Å². The van der Waals surface area contributed by atoms with E-state index in [-0.39, 0.29) is 0 Å². The molecule has 3 nitrogen and oxygen atoms in total. The normalized spacial score (nSPS) is 12.2. The molecule has 0 aromatic heterocycles. The van der Waals surface area contributed by atoms with Crippen LogP contribution >= 0.6 is 0 Å². The van der Waals surface area contributed by atoms with Gasteiger partial charge in [-0.25, -0.2) is 0 Å². The molecule has 0 bridgehead atoms. The summed E-state index contributed by atoms with van der Waals surface area (Å²) in [6.45, 7) is 9.41. The Morgan fingerprint density at radius 1 is 0.500 bits per heavy atom. The Hall–Kier alpha value is -0.120. The molecule has 0 radical (unpaired) electrons. The predicted molar refractivity (Wildman–Crippen MR) is 119 cm³/mol. The minimum Gasteiger partial charge on any atom is -0.308 e. The van der Waals surface area contributed by atoms with Crippen LogP contribution in [0.2, 0.25) is 0 Å². The molecule has 0 aliphatic heterocycles. The number of hydrogen-bond donors (Lipinski definition) is 0. The first-order valence-electron chi connectivity index (χ1n) is 11.5. The number of unbranched alkanes of at least 4 members (excludes halogenated alkanes) is 8. The zero-order chi connectivity index (χ0) is 19.6. The van der Waals surface area contributed by atoms with Gasteiger partial charge in [0, 0.05) is 32.2 Å². The van der Waals surface area contributed by atoms with Crippen molar-refractivity contribution >= 4 is 0 Å². The quantitative estimate of drug-likeness (QED) is 0.278. The van der Waals surface area contributed by atoms with Crippen molar-refractivity contribution in [1.29, 1.82) is 0 Å². The van der Waals surface area contributed by atoms with Gasteiger partial charge in [0.05, 0.1) is 0 Å². The maximum Gasteiger partial charge on any atom is 0.0113 e. The van der Waals surface area contributed by atoms with Gasteiger partial charge in [-0.2, -0.15) is 0 Å². The Balaban J connectivity index is 4.57. The summed E-state index contributed by atoms with van der Waals surface area (Å²) < 4.78 is 0. The van der Waals surface area contributed by atoms with Gasteiger partial charge in [-0.1, -0.05) is 78.1 Å². The Morgan fingerprint density at radius 3 is 1.23 bits per heavy atom. The van der Waals surface area contributed by atoms with E-state index in [1.165, 1.54) is 103 Å². The summed E-state index contributed by atoms with van der Waals surface area (Å²) in [5.74, 6) is 0. The van der Waals surface area contributed by atoms with Crippen LogP contribution in [-0.2, 0) is 0 Å². The van der Waals surface area contributed by atoms with E-state index >= 15 is 0 Å². The first kappa shape index (κ1) is 25.9. The molecule has 0 spiro atoms. The molecule has 0 atom stereocenters. The summed E-state index contributed by atoms with van der Waals surface area (Å²) in [4.78, 5) is 7.48. The van der Waals surface area contributed by atoms with Crippen LogP contribution in [0.3, 0.4) is 0 Å². The van der Waals surface area contributed by atoms with Gasteiger partial charge in [-0.3, -0.25) is 4.90 Å². The molecule has 0 N–H and O–H groups in total. The van der Waals surface area contributed by atoms with Gasteiger partial charge in [0.25, 0.3) is 0 Å². The minimum atomic E-state index is 0.790. The lowest BCUT2D eigenvalue weighted by molar-refractivity contribution is 0.144. The van der Waals surface area contributed by atoms with Crippen molar-refractivity contribution in [2.45, 2.75) is 96.9 Å². The molecule has 0 aromatic rings. The summed E-state index contributed by atoms with van der Waals surface area (Å²) in [6.07, 6.45) is 16.8. The van der Waals surface area contributed by atoms with Crippen LogP contribution in [0.5, 0.6) is 0 Å². The third kappa shape index (κ3) is 16.1. The molecule has 26 heavy (non-hydrogen) atoms. The molecule has 0 fully saturated rings. The van der Waals surface area contributed by atoms with E-state index < -0.39 is 0 Å². The average molecular weight is 370 g/mol. The Bertz CT molecular complexity index is 253. The second kappa shape index (κ2) is 18.3. The van der Waals surface area contributed by atoms with Crippen LogP contribution in [0.25, 0.3) is 0 Å². The lowest BCUT2D eigenvalue weighted by atomic mass is 9.99. The highest BCUT2D eigenvalue weighted by Gasteiger charge is 2.18. The molecular formula is C23H51N3. The van der Waals surface area contributed by atoms with Gasteiger partial charge in [0.15, 0.2) is 0 Å². The number of nitrogens with zero attached hydrogens (tertiary/aromatic N) is 3. The number of likely N-dealkylation sites (N-methyl/N-ethyl adjacent to an activating group) is 2. The highest BCUT2D eigenvalue weighted by molar-refractivity contribution is 4.74. The van der Waals surface area contributed by atoms with Crippen molar-refractivity contribution in [3.05, 3.63) is 0 Å². The van der Waals surface area contributed by atoms with Gasteiger partial charge in [0.2, 0.25) is 0 Å². The van der Waals surface area contributed by atoms with Crippen LogP contribution in [0.15, 0.2) is 0 Å².